The van der Waals surface area contributed by atoms with E-state index in [1.54, 1.807) is 23.9 Å². The van der Waals surface area contributed by atoms with Crippen molar-refractivity contribution in [3.8, 4) is 0 Å². The predicted molar refractivity (Wildman–Crippen MR) is 54.4 cm³/mol. The molecule has 0 fully saturated rings. The van der Waals surface area contributed by atoms with Crippen molar-refractivity contribution in [3.05, 3.63) is 36.1 Å². The van der Waals surface area contributed by atoms with Crippen molar-refractivity contribution in [2.24, 2.45) is 0 Å². The Kier molecular flexibility index (Phi) is 2.23. The van der Waals surface area contributed by atoms with Gasteiger partial charge in [0.15, 0.2) is 0 Å². The molecule has 0 saturated heterocycles. The number of hydrogen-bond acceptors (Lipinski definition) is 4. The van der Waals surface area contributed by atoms with Crippen molar-refractivity contribution in [2.75, 3.05) is 11.9 Å². The molecule has 0 aliphatic rings. The monoisotopic (exact) mass is 191 g/mol. The van der Waals surface area contributed by atoms with Gasteiger partial charge in [-0.25, -0.2) is 9.97 Å². The summed E-state index contributed by atoms with van der Waals surface area (Å²) in [6.45, 7) is 0. The van der Waals surface area contributed by atoms with Gasteiger partial charge in [0, 0.05) is 13.2 Å². The van der Waals surface area contributed by atoms with Gasteiger partial charge in [-0.3, -0.25) is 0 Å². The number of anilines is 2. The van der Waals surface area contributed by atoms with Gasteiger partial charge in [-0.2, -0.15) is 0 Å². The number of thiophene rings is 1. The fourth-order valence-electron chi connectivity index (χ4n) is 1.06. The summed E-state index contributed by atoms with van der Waals surface area (Å²) in [7, 11) is 1.99. The Morgan fingerprint density at radius 1 is 1.38 bits per heavy atom. The van der Waals surface area contributed by atoms with Crippen LogP contribution in [0.15, 0.2) is 36.1 Å². The molecule has 0 aliphatic carbocycles. The molecule has 0 bridgehead atoms. The summed E-state index contributed by atoms with van der Waals surface area (Å²) >= 11 is 1.69. The third kappa shape index (κ3) is 1.67. The molecular formula is C9H9N3S. The first kappa shape index (κ1) is 8.19. The third-order valence-electron chi connectivity index (χ3n) is 1.75. The lowest BCUT2D eigenvalue weighted by molar-refractivity contribution is 1.09. The Labute approximate surface area is 80.7 Å². The molecule has 0 spiro atoms. The minimum absolute atomic E-state index is 0.914. The predicted octanol–water partition coefficient (Wildman–Crippen LogP) is 2.31. The van der Waals surface area contributed by atoms with E-state index in [0.29, 0.717) is 0 Å². The Morgan fingerprint density at radius 2 is 2.31 bits per heavy atom. The lowest BCUT2D eigenvalue weighted by atomic mass is 10.5. The summed E-state index contributed by atoms with van der Waals surface area (Å²) < 4.78 is 0. The van der Waals surface area contributed by atoms with Crippen LogP contribution in [0, 0.1) is 0 Å². The van der Waals surface area contributed by atoms with Crippen LogP contribution in [0.5, 0.6) is 0 Å². The molecule has 0 saturated carbocycles. The van der Waals surface area contributed by atoms with Gasteiger partial charge in [0.25, 0.3) is 0 Å². The maximum atomic E-state index is 4.16. The highest BCUT2D eigenvalue weighted by Gasteiger charge is 2.03. The van der Waals surface area contributed by atoms with Crippen molar-refractivity contribution in [2.45, 2.75) is 0 Å². The highest BCUT2D eigenvalue weighted by atomic mass is 32.1. The minimum atomic E-state index is 0.914. The first-order valence-electron chi connectivity index (χ1n) is 3.91. The zero-order valence-electron chi connectivity index (χ0n) is 7.21. The van der Waals surface area contributed by atoms with Crippen LogP contribution >= 0.6 is 11.3 Å². The van der Waals surface area contributed by atoms with E-state index in [9.17, 15) is 0 Å². The molecule has 2 rings (SSSR count). The first-order valence-corrected chi connectivity index (χ1v) is 4.79. The number of rotatable bonds is 2. The molecule has 0 N–H and O–H groups in total. The average molecular weight is 191 g/mol. The third-order valence-corrected chi connectivity index (χ3v) is 2.69. The number of hydrogen-bond donors (Lipinski definition) is 0. The molecule has 3 nitrogen and oxygen atoms in total. The van der Waals surface area contributed by atoms with Gasteiger partial charge in [0.2, 0.25) is 0 Å². The fraction of sp³-hybridized carbons (Fsp3) is 0.111. The normalized spacial score (nSPS) is 9.92. The number of aromatic nitrogens is 2. The quantitative estimate of drug-likeness (QED) is 0.729. The van der Waals surface area contributed by atoms with E-state index >= 15 is 0 Å². The van der Waals surface area contributed by atoms with E-state index in [0.717, 1.165) is 5.82 Å². The molecule has 2 aromatic rings. The van der Waals surface area contributed by atoms with E-state index in [-0.39, 0.29) is 0 Å². The molecule has 0 unspecified atom stereocenters. The first-order chi connectivity index (χ1) is 6.38. The summed E-state index contributed by atoms with van der Waals surface area (Å²) in [4.78, 5) is 10.1. The van der Waals surface area contributed by atoms with Crippen molar-refractivity contribution < 1.29 is 0 Å². The van der Waals surface area contributed by atoms with Gasteiger partial charge in [-0.15, -0.1) is 11.3 Å². The summed E-state index contributed by atoms with van der Waals surface area (Å²) in [6, 6.07) is 5.98. The number of nitrogens with zero attached hydrogens (tertiary/aromatic N) is 3. The average Bonchev–Trinajstić information content (AvgIpc) is 2.71. The van der Waals surface area contributed by atoms with E-state index in [4.69, 9.17) is 0 Å². The largest absolute Gasteiger partial charge is 0.321 e. The van der Waals surface area contributed by atoms with Crippen LogP contribution in [0.1, 0.15) is 0 Å². The van der Waals surface area contributed by atoms with Crippen LogP contribution < -0.4 is 4.90 Å². The van der Waals surface area contributed by atoms with E-state index in [2.05, 4.69) is 16.0 Å². The summed E-state index contributed by atoms with van der Waals surface area (Å²) in [5.74, 6) is 0.914. The van der Waals surface area contributed by atoms with E-state index in [1.807, 2.05) is 29.5 Å². The summed E-state index contributed by atoms with van der Waals surface area (Å²) in [5, 5.41) is 3.23. The molecule has 66 valence electrons. The standard InChI is InChI=1S/C9H9N3S/c1-12(9-3-2-6-13-9)8-4-5-10-7-11-8/h2-7H,1H3. The van der Waals surface area contributed by atoms with Gasteiger partial charge in [-0.05, 0) is 23.6 Å². The zero-order chi connectivity index (χ0) is 9.10. The maximum absolute atomic E-state index is 4.16. The second-order valence-electron chi connectivity index (χ2n) is 2.58. The Bertz CT molecular complexity index is 358. The van der Waals surface area contributed by atoms with Crippen molar-refractivity contribution in [3.63, 3.8) is 0 Å². The molecule has 0 aliphatic heterocycles. The van der Waals surface area contributed by atoms with Gasteiger partial charge >= 0.3 is 0 Å². The molecule has 4 heteroatoms. The lowest BCUT2D eigenvalue weighted by Gasteiger charge is -2.14. The fourth-order valence-corrected chi connectivity index (χ4v) is 1.76. The van der Waals surface area contributed by atoms with Crippen LogP contribution in [-0.4, -0.2) is 17.0 Å². The molecule has 0 atom stereocenters. The molecular weight excluding hydrogens is 182 g/mol. The van der Waals surface area contributed by atoms with Crippen molar-refractivity contribution in [1.29, 1.82) is 0 Å². The summed E-state index contributed by atoms with van der Waals surface area (Å²) in [5.41, 5.74) is 0. The van der Waals surface area contributed by atoms with Crippen LogP contribution in [0.25, 0.3) is 0 Å². The second-order valence-corrected chi connectivity index (χ2v) is 3.50. The van der Waals surface area contributed by atoms with Crippen LogP contribution in [0.4, 0.5) is 10.8 Å². The van der Waals surface area contributed by atoms with E-state index < -0.39 is 0 Å². The van der Waals surface area contributed by atoms with Crippen LogP contribution in [0.3, 0.4) is 0 Å². The van der Waals surface area contributed by atoms with Crippen LogP contribution in [0.2, 0.25) is 0 Å². The van der Waals surface area contributed by atoms with Gasteiger partial charge in [-0.1, -0.05) is 0 Å². The lowest BCUT2D eigenvalue weighted by Crippen LogP contribution is -2.09. The van der Waals surface area contributed by atoms with Gasteiger partial charge < -0.3 is 4.90 Å². The van der Waals surface area contributed by atoms with Crippen molar-refractivity contribution >= 4 is 22.2 Å². The molecule has 0 radical (unpaired) electrons. The van der Waals surface area contributed by atoms with Gasteiger partial charge in [0.05, 0.1) is 5.00 Å². The van der Waals surface area contributed by atoms with Crippen molar-refractivity contribution in [1.82, 2.24) is 9.97 Å². The Balaban J connectivity index is 2.29. The van der Waals surface area contributed by atoms with E-state index in [1.165, 1.54) is 5.00 Å². The highest BCUT2D eigenvalue weighted by molar-refractivity contribution is 7.14. The summed E-state index contributed by atoms with van der Waals surface area (Å²) in [6.07, 6.45) is 3.30. The highest BCUT2D eigenvalue weighted by Crippen LogP contribution is 2.25. The molecule has 2 aromatic heterocycles. The second kappa shape index (κ2) is 3.53. The topological polar surface area (TPSA) is 29.0 Å². The molecule has 0 aromatic carbocycles. The molecule has 0 amide bonds. The zero-order valence-corrected chi connectivity index (χ0v) is 8.03. The van der Waals surface area contributed by atoms with Gasteiger partial charge in [0.1, 0.15) is 12.1 Å². The van der Waals surface area contributed by atoms with Crippen LogP contribution in [-0.2, 0) is 0 Å². The Hall–Kier alpha value is -1.42. The molecule has 2 heterocycles. The minimum Gasteiger partial charge on any atom is -0.321 e. The maximum Gasteiger partial charge on any atom is 0.136 e. The smallest absolute Gasteiger partial charge is 0.136 e. The Morgan fingerprint density at radius 3 is 2.92 bits per heavy atom. The molecule has 13 heavy (non-hydrogen) atoms. The SMILES string of the molecule is CN(c1ccncn1)c1cccs1.